The molecule has 0 aromatic rings. The molecule has 1 heterocycles. The summed E-state index contributed by atoms with van der Waals surface area (Å²) in [6.45, 7) is 3.40. The third kappa shape index (κ3) is 3.17. The summed E-state index contributed by atoms with van der Waals surface area (Å²) >= 11 is 1.85. The number of amides is 1. The zero-order chi connectivity index (χ0) is 10.4. The van der Waals surface area contributed by atoms with Crippen molar-refractivity contribution in [1.29, 1.82) is 0 Å². The van der Waals surface area contributed by atoms with Gasteiger partial charge in [-0.3, -0.25) is 4.79 Å². The van der Waals surface area contributed by atoms with E-state index in [-0.39, 0.29) is 18.4 Å². The molecule has 0 bridgehead atoms. The van der Waals surface area contributed by atoms with E-state index in [1.165, 1.54) is 0 Å². The van der Waals surface area contributed by atoms with E-state index < -0.39 is 0 Å². The van der Waals surface area contributed by atoms with Gasteiger partial charge in [0.15, 0.2) is 0 Å². The number of carbonyl (C=O) groups is 1. The van der Waals surface area contributed by atoms with Crippen molar-refractivity contribution in [1.82, 2.24) is 4.90 Å². The van der Waals surface area contributed by atoms with Crippen molar-refractivity contribution < 1.29 is 9.90 Å². The fourth-order valence-electron chi connectivity index (χ4n) is 1.71. The molecule has 1 N–H and O–H groups in total. The van der Waals surface area contributed by atoms with Gasteiger partial charge in [-0.05, 0) is 18.6 Å². The summed E-state index contributed by atoms with van der Waals surface area (Å²) in [4.78, 5) is 13.7. The van der Waals surface area contributed by atoms with Crippen molar-refractivity contribution in [3.05, 3.63) is 0 Å². The van der Waals surface area contributed by atoms with Crippen molar-refractivity contribution in [3.8, 4) is 0 Å². The number of rotatable bonds is 5. The van der Waals surface area contributed by atoms with E-state index in [1.807, 2.05) is 11.8 Å². The van der Waals surface area contributed by atoms with E-state index in [1.54, 1.807) is 4.90 Å². The van der Waals surface area contributed by atoms with Crippen LogP contribution in [0.15, 0.2) is 0 Å². The molecule has 1 aliphatic heterocycles. The topological polar surface area (TPSA) is 40.5 Å². The van der Waals surface area contributed by atoms with Crippen LogP contribution in [-0.4, -0.2) is 47.1 Å². The first-order chi connectivity index (χ1) is 6.79. The predicted molar refractivity (Wildman–Crippen MR) is 59.4 cm³/mol. The van der Waals surface area contributed by atoms with Crippen molar-refractivity contribution in [3.63, 3.8) is 0 Å². The molecule has 1 unspecified atom stereocenters. The Labute approximate surface area is 89.9 Å². The summed E-state index contributed by atoms with van der Waals surface area (Å²) < 4.78 is 0. The van der Waals surface area contributed by atoms with Crippen LogP contribution in [0.2, 0.25) is 0 Å². The van der Waals surface area contributed by atoms with Gasteiger partial charge >= 0.3 is 0 Å². The van der Waals surface area contributed by atoms with Gasteiger partial charge < -0.3 is 10.0 Å². The first-order valence-corrected chi connectivity index (χ1v) is 6.42. The van der Waals surface area contributed by atoms with Gasteiger partial charge in [0.1, 0.15) is 0 Å². The maximum Gasteiger partial charge on any atom is 0.226 e. The molecule has 0 spiro atoms. The average Bonchev–Trinajstić information content (AvgIpc) is 2.69. The molecule has 1 amide bonds. The number of nitrogens with zero attached hydrogens (tertiary/aromatic N) is 1. The van der Waals surface area contributed by atoms with Crippen molar-refractivity contribution in [2.75, 3.05) is 31.2 Å². The van der Waals surface area contributed by atoms with E-state index in [4.69, 9.17) is 5.11 Å². The van der Waals surface area contributed by atoms with Crippen LogP contribution < -0.4 is 0 Å². The predicted octanol–water partition coefficient (Wildman–Crippen LogP) is 0.970. The third-order valence-corrected chi connectivity index (χ3v) is 3.62. The third-order valence-electron chi connectivity index (χ3n) is 2.45. The van der Waals surface area contributed by atoms with Gasteiger partial charge in [0.2, 0.25) is 5.91 Å². The van der Waals surface area contributed by atoms with Crippen LogP contribution in [-0.2, 0) is 4.79 Å². The van der Waals surface area contributed by atoms with Crippen LogP contribution >= 0.6 is 11.8 Å². The maximum atomic E-state index is 11.9. The van der Waals surface area contributed by atoms with Crippen molar-refractivity contribution in [2.24, 2.45) is 5.92 Å². The summed E-state index contributed by atoms with van der Waals surface area (Å²) in [5, 5.41) is 8.86. The number of aliphatic hydroxyl groups is 1. The van der Waals surface area contributed by atoms with E-state index in [0.29, 0.717) is 6.54 Å². The fourth-order valence-corrected chi connectivity index (χ4v) is 2.92. The molecular formula is C10H19NO2S. The highest BCUT2D eigenvalue weighted by Gasteiger charge is 2.26. The lowest BCUT2D eigenvalue weighted by molar-refractivity contribution is -0.135. The Kier molecular flexibility index (Phi) is 5.33. The zero-order valence-electron chi connectivity index (χ0n) is 8.74. The largest absolute Gasteiger partial charge is 0.395 e. The van der Waals surface area contributed by atoms with Gasteiger partial charge in [-0.25, -0.2) is 0 Å². The van der Waals surface area contributed by atoms with Gasteiger partial charge in [-0.1, -0.05) is 6.92 Å². The quantitative estimate of drug-likeness (QED) is 0.746. The lowest BCUT2D eigenvalue weighted by Crippen LogP contribution is -2.38. The summed E-state index contributed by atoms with van der Waals surface area (Å²) in [6, 6.07) is 0. The molecule has 1 atom stereocenters. The summed E-state index contributed by atoms with van der Waals surface area (Å²) in [5.74, 6) is 2.52. The number of aliphatic hydroxyl groups excluding tert-OH is 1. The van der Waals surface area contributed by atoms with Gasteiger partial charge in [0.05, 0.1) is 6.61 Å². The van der Waals surface area contributed by atoms with Crippen LogP contribution in [0.1, 0.15) is 19.8 Å². The molecule has 4 heteroatoms. The van der Waals surface area contributed by atoms with Crippen LogP contribution in [0, 0.1) is 5.92 Å². The Bertz CT molecular complexity index is 175. The van der Waals surface area contributed by atoms with Gasteiger partial charge in [0.25, 0.3) is 0 Å². The second-order valence-electron chi connectivity index (χ2n) is 3.61. The minimum absolute atomic E-state index is 0.0750. The van der Waals surface area contributed by atoms with Crippen LogP contribution in [0.3, 0.4) is 0 Å². The molecule has 82 valence electrons. The Balaban J connectivity index is 2.43. The standard InChI is InChI=1S/C10H19NO2S/c1-2-4-11(5-6-12)10(13)9-3-7-14-8-9/h9,12H,2-8H2,1H3. The second kappa shape index (κ2) is 6.30. The summed E-state index contributed by atoms with van der Waals surface area (Å²) in [6.07, 6.45) is 1.97. The van der Waals surface area contributed by atoms with E-state index >= 15 is 0 Å². The highest BCUT2D eigenvalue weighted by atomic mass is 32.2. The van der Waals surface area contributed by atoms with Crippen molar-refractivity contribution >= 4 is 17.7 Å². The van der Waals surface area contributed by atoms with Crippen LogP contribution in [0.5, 0.6) is 0 Å². The Hall–Kier alpha value is -0.220. The molecule has 14 heavy (non-hydrogen) atoms. The number of thioether (sulfide) groups is 1. The first kappa shape index (κ1) is 11.9. The molecule has 0 aromatic carbocycles. The fraction of sp³-hybridized carbons (Fsp3) is 0.900. The highest BCUT2D eigenvalue weighted by molar-refractivity contribution is 7.99. The minimum Gasteiger partial charge on any atom is -0.395 e. The molecule has 1 aliphatic rings. The Morgan fingerprint density at radius 1 is 1.57 bits per heavy atom. The summed E-state index contributed by atoms with van der Waals surface area (Å²) in [7, 11) is 0. The van der Waals surface area contributed by atoms with E-state index in [2.05, 4.69) is 6.92 Å². The average molecular weight is 217 g/mol. The van der Waals surface area contributed by atoms with Gasteiger partial charge in [-0.2, -0.15) is 11.8 Å². The SMILES string of the molecule is CCCN(CCO)C(=O)C1CCSC1. The molecule has 0 radical (unpaired) electrons. The molecule has 1 saturated heterocycles. The van der Waals surface area contributed by atoms with Crippen LogP contribution in [0.25, 0.3) is 0 Å². The molecular weight excluding hydrogens is 198 g/mol. The monoisotopic (exact) mass is 217 g/mol. The normalized spacial score (nSPS) is 21.1. The lowest BCUT2D eigenvalue weighted by atomic mass is 10.1. The van der Waals surface area contributed by atoms with E-state index in [9.17, 15) is 4.79 Å². The molecule has 1 fully saturated rings. The molecule has 0 saturated carbocycles. The smallest absolute Gasteiger partial charge is 0.226 e. The molecule has 0 aliphatic carbocycles. The maximum absolute atomic E-state index is 11.9. The number of hydrogen-bond donors (Lipinski definition) is 1. The molecule has 1 rings (SSSR count). The molecule has 0 aromatic heterocycles. The lowest BCUT2D eigenvalue weighted by Gasteiger charge is -2.23. The first-order valence-electron chi connectivity index (χ1n) is 5.27. The van der Waals surface area contributed by atoms with E-state index in [0.717, 1.165) is 30.9 Å². The van der Waals surface area contributed by atoms with Crippen LogP contribution in [0.4, 0.5) is 0 Å². The number of carbonyl (C=O) groups excluding carboxylic acids is 1. The van der Waals surface area contributed by atoms with Gasteiger partial charge in [0, 0.05) is 24.8 Å². The minimum atomic E-state index is 0.0750. The Morgan fingerprint density at radius 3 is 2.86 bits per heavy atom. The second-order valence-corrected chi connectivity index (χ2v) is 4.76. The number of hydrogen-bond acceptors (Lipinski definition) is 3. The highest BCUT2D eigenvalue weighted by Crippen LogP contribution is 2.25. The summed E-state index contributed by atoms with van der Waals surface area (Å²) in [5.41, 5.74) is 0. The van der Waals surface area contributed by atoms with Gasteiger partial charge in [-0.15, -0.1) is 0 Å². The zero-order valence-corrected chi connectivity index (χ0v) is 9.55. The van der Waals surface area contributed by atoms with Crippen molar-refractivity contribution in [2.45, 2.75) is 19.8 Å². The Morgan fingerprint density at radius 2 is 2.36 bits per heavy atom. The molecule has 3 nitrogen and oxygen atoms in total.